The molecule has 6 heteroatoms. The highest BCUT2D eigenvalue weighted by Gasteiger charge is 2.21. The number of hydrogen-bond donors (Lipinski definition) is 3. The first kappa shape index (κ1) is 20.1. The Balaban J connectivity index is 2.16. The Morgan fingerprint density at radius 1 is 1.19 bits per heavy atom. The molecule has 144 valence electrons. The summed E-state index contributed by atoms with van der Waals surface area (Å²) in [5.74, 6) is -0.0868. The molecule has 3 N–H and O–H groups in total. The number of urea groups is 1. The van der Waals surface area contributed by atoms with Crippen LogP contribution in [0.4, 0.5) is 16.2 Å². The average molecular weight is 361 g/mol. The van der Waals surface area contributed by atoms with E-state index in [0.717, 1.165) is 50.9 Å². The molecule has 0 saturated carbocycles. The van der Waals surface area contributed by atoms with Crippen molar-refractivity contribution in [2.75, 3.05) is 29.9 Å². The van der Waals surface area contributed by atoms with E-state index >= 15 is 0 Å². The lowest BCUT2D eigenvalue weighted by Gasteiger charge is -2.23. The van der Waals surface area contributed by atoms with E-state index in [4.69, 9.17) is 0 Å². The van der Waals surface area contributed by atoms with Gasteiger partial charge in [0.05, 0.1) is 5.56 Å². The summed E-state index contributed by atoms with van der Waals surface area (Å²) in [6.07, 6.45) is 5.15. The van der Waals surface area contributed by atoms with Crippen LogP contribution in [0.25, 0.3) is 0 Å². The van der Waals surface area contributed by atoms with E-state index in [2.05, 4.69) is 27.8 Å². The van der Waals surface area contributed by atoms with Crippen molar-refractivity contribution in [1.82, 2.24) is 10.6 Å². The van der Waals surface area contributed by atoms with E-state index in [9.17, 15) is 9.59 Å². The van der Waals surface area contributed by atoms with Gasteiger partial charge in [-0.05, 0) is 50.8 Å². The highest BCUT2D eigenvalue weighted by Crippen LogP contribution is 2.27. The lowest BCUT2D eigenvalue weighted by Crippen LogP contribution is -2.34. The van der Waals surface area contributed by atoms with Crippen LogP contribution in [0, 0.1) is 0 Å². The molecule has 1 atom stereocenters. The van der Waals surface area contributed by atoms with Crippen LogP contribution in [-0.2, 0) is 0 Å². The van der Waals surface area contributed by atoms with Crippen LogP contribution in [0.2, 0.25) is 0 Å². The molecule has 1 fully saturated rings. The third-order valence-corrected chi connectivity index (χ3v) is 4.75. The molecule has 26 heavy (non-hydrogen) atoms. The molecular formula is C20H32N4O2. The predicted molar refractivity (Wildman–Crippen MR) is 107 cm³/mol. The normalized spacial score (nSPS) is 14.8. The minimum atomic E-state index is -0.236. The highest BCUT2D eigenvalue weighted by atomic mass is 16.2. The second kappa shape index (κ2) is 10.0. The van der Waals surface area contributed by atoms with Crippen LogP contribution < -0.4 is 20.9 Å². The van der Waals surface area contributed by atoms with Gasteiger partial charge in [-0.3, -0.25) is 4.79 Å². The molecule has 1 heterocycles. The molecule has 1 aromatic carbocycles. The fourth-order valence-electron chi connectivity index (χ4n) is 2.99. The van der Waals surface area contributed by atoms with Gasteiger partial charge in [0.25, 0.3) is 5.91 Å². The van der Waals surface area contributed by atoms with Gasteiger partial charge in [-0.1, -0.05) is 20.3 Å². The maximum Gasteiger partial charge on any atom is 0.319 e. The monoisotopic (exact) mass is 360 g/mol. The molecule has 1 saturated heterocycles. The second-order valence-electron chi connectivity index (χ2n) is 6.94. The van der Waals surface area contributed by atoms with Crippen molar-refractivity contribution < 1.29 is 9.59 Å². The quantitative estimate of drug-likeness (QED) is 0.618. The lowest BCUT2D eigenvalue weighted by molar-refractivity contribution is 0.0939. The smallest absolute Gasteiger partial charge is 0.319 e. The number of nitrogens with zero attached hydrogens (tertiary/aromatic N) is 1. The van der Waals surface area contributed by atoms with Crippen molar-refractivity contribution in [3.63, 3.8) is 0 Å². The van der Waals surface area contributed by atoms with Crippen LogP contribution in [-0.4, -0.2) is 37.6 Å². The summed E-state index contributed by atoms with van der Waals surface area (Å²) in [6.45, 7) is 8.71. The largest absolute Gasteiger partial charge is 0.371 e. The molecule has 6 nitrogen and oxygen atoms in total. The number of benzene rings is 1. The first-order valence-electron chi connectivity index (χ1n) is 9.79. The van der Waals surface area contributed by atoms with Gasteiger partial charge < -0.3 is 20.9 Å². The summed E-state index contributed by atoms with van der Waals surface area (Å²) >= 11 is 0. The second-order valence-corrected chi connectivity index (χ2v) is 6.94. The fraction of sp³-hybridized carbons (Fsp3) is 0.600. The highest BCUT2D eigenvalue weighted by molar-refractivity contribution is 6.02. The van der Waals surface area contributed by atoms with Gasteiger partial charge in [0.1, 0.15) is 0 Å². The van der Waals surface area contributed by atoms with E-state index in [1.54, 1.807) is 6.07 Å². The lowest BCUT2D eigenvalue weighted by atomic mass is 10.1. The fourth-order valence-corrected chi connectivity index (χ4v) is 2.99. The SMILES string of the molecule is CCCCNC(=O)Nc1ccc(N2CCCC2)c(C(=O)N[C@H](C)CC)c1. The molecule has 0 aliphatic carbocycles. The van der Waals surface area contributed by atoms with Crippen LogP contribution in [0.5, 0.6) is 0 Å². The minimum absolute atomic E-state index is 0.0868. The molecular weight excluding hydrogens is 328 g/mol. The van der Waals surface area contributed by atoms with Crippen molar-refractivity contribution in [1.29, 1.82) is 0 Å². The van der Waals surface area contributed by atoms with Crippen LogP contribution in [0.3, 0.4) is 0 Å². The van der Waals surface area contributed by atoms with Gasteiger partial charge in [0.2, 0.25) is 0 Å². The predicted octanol–water partition coefficient (Wildman–Crippen LogP) is 3.74. The number of rotatable bonds is 8. The number of anilines is 2. The minimum Gasteiger partial charge on any atom is -0.371 e. The Hall–Kier alpha value is -2.24. The van der Waals surface area contributed by atoms with Crippen molar-refractivity contribution in [3.05, 3.63) is 23.8 Å². The number of nitrogens with one attached hydrogen (secondary N) is 3. The van der Waals surface area contributed by atoms with Gasteiger partial charge in [-0.15, -0.1) is 0 Å². The molecule has 1 aliphatic heterocycles. The number of carbonyl (C=O) groups excluding carboxylic acids is 2. The van der Waals surface area contributed by atoms with E-state index in [0.29, 0.717) is 17.8 Å². The molecule has 3 amide bonds. The Kier molecular flexibility index (Phi) is 7.75. The zero-order valence-corrected chi connectivity index (χ0v) is 16.2. The zero-order chi connectivity index (χ0) is 18.9. The molecule has 0 aromatic heterocycles. The summed E-state index contributed by atoms with van der Waals surface area (Å²) in [6, 6.07) is 5.47. The van der Waals surface area contributed by atoms with Crippen molar-refractivity contribution in [3.8, 4) is 0 Å². The van der Waals surface area contributed by atoms with Crippen LogP contribution >= 0.6 is 0 Å². The Bertz CT molecular complexity index is 612. The first-order chi connectivity index (χ1) is 12.5. The molecule has 1 aromatic rings. The topological polar surface area (TPSA) is 73.5 Å². The summed E-state index contributed by atoms with van der Waals surface area (Å²) in [5.41, 5.74) is 2.20. The number of carbonyl (C=O) groups is 2. The van der Waals surface area contributed by atoms with Crippen molar-refractivity contribution in [2.45, 2.75) is 58.9 Å². The molecule has 1 aliphatic rings. The Morgan fingerprint density at radius 3 is 2.58 bits per heavy atom. The zero-order valence-electron chi connectivity index (χ0n) is 16.2. The van der Waals surface area contributed by atoms with Gasteiger partial charge in [0, 0.05) is 37.1 Å². The van der Waals surface area contributed by atoms with Gasteiger partial charge in [0.15, 0.2) is 0 Å². The Labute approximate surface area is 156 Å². The molecule has 0 radical (unpaired) electrons. The van der Waals surface area contributed by atoms with Gasteiger partial charge in [-0.25, -0.2) is 4.79 Å². The van der Waals surface area contributed by atoms with E-state index in [-0.39, 0.29) is 18.0 Å². The number of amides is 3. The van der Waals surface area contributed by atoms with Crippen molar-refractivity contribution >= 4 is 23.3 Å². The summed E-state index contributed by atoms with van der Waals surface area (Å²) in [7, 11) is 0. The molecule has 0 unspecified atom stereocenters. The maximum absolute atomic E-state index is 12.8. The Morgan fingerprint density at radius 2 is 1.92 bits per heavy atom. The van der Waals surface area contributed by atoms with Gasteiger partial charge >= 0.3 is 6.03 Å². The van der Waals surface area contributed by atoms with Crippen LogP contribution in [0.15, 0.2) is 18.2 Å². The number of hydrogen-bond acceptors (Lipinski definition) is 3. The van der Waals surface area contributed by atoms with Crippen LogP contribution in [0.1, 0.15) is 63.2 Å². The third kappa shape index (κ3) is 5.64. The van der Waals surface area contributed by atoms with E-state index < -0.39 is 0 Å². The molecule has 0 bridgehead atoms. The van der Waals surface area contributed by atoms with Crippen molar-refractivity contribution in [2.24, 2.45) is 0 Å². The standard InChI is InChI=1S/C20H32N4O2/c1-4-6-11-21-20(26)23-16-9-10-18(24-12-7-8-13-24)17(14-16)19(25)22-15(3)5-2/h9-10,14-15H,4-8,11-13H2,1-3H3,(H,22,25)(H2,21,23,26)/t15-/m1/s1. The first-order valence-corrected chi connectivity index (χ1v) is 9.79. The summed E-state index contributed by atoms with van der Waals surface area (Å²) < 4.78 is 0. The third-order valence-electron chi connectivity index (χ3n) is 4.75. The van der Waals surface area contributed by atoms with Gasteiger partial charge in [-0.2, -0.15) is 0 Å². The summed E-state index contributed by atoms with van der Waals surface area (Å²) in [5, 5.41) is 8.70. The average Bonchev–Trinajstić information content (AvgIpc) is 3.16. The molecule has 0 spiro atoms. The molecule has 2 rings (SSSR count). The summed E-state index contributed by atoms with van der Waals surface area (Å²) in [4.78, 5) is 27.0. The maximum atomic E-state index is 12.8. The van der Waals surface area contributed by atoms with E-state index in [1.165, 1.54) is 0 Å². The number of unbranched alkanes of at least 4 members (excludes halogenated alkanes) is 1. The van der Waals surface area contributed by atoms with E-state index in [1.807, 2.05) is 26.0 Å².